The molecule has 1 aromatic rings. The molecule has 7 heteroatoms. The van der Waals surface area contributed by atoms with Gasteiger partial charge in [0.1, 0.15) is 18.0 Å². The molecule has 4 atom stereocenters. The van der Waals surface area contributed by atoms with Crippen molar-refractivity contribution in [2.45, 2.75) is 31.6 Å². The van der Waals surface area contributed by atoms with Crippen molar-refractivity contribution in [3.05, 3.63) is 35.6 Å². The molecule has 6 nitrogen and oxygen atoms in total. The molecule has 0 unspecified atom stereocenters. The van der Waals surface area contributed by atoms with Crippen molar-refractivity contribution in [2.24, 2.45) is 10.9 Å². The van der Waals surface area contributed by atoms with E-state index in [2.05, 4.69) is 4.99 Å². The summed E-state index contributed by atoms with van der Waals surface area (Å²) in [5.74, 6) is -0.705. The maximum atomic E-state index is 14.5. The summed E-state index contributed by atoms with van der Waals surface area (Å²) < 4.78 is 25.9. The highest BCUT2D eigenvalue weighted by molar-refractivity contribution is 5.82. The summed E-state index contributed by atoms with van der Waals surface area (Å²) >= 11 is 0. The fourth-order valence-electron chi connectivity index (χ4n) is 3.62. The number of hydroxylamine groups is 2. The zero-order chi connectivity index (χ0) is 17.5. The van der Waals surface area contributed by atoms with Gasteiger partial charge in [-0.15, -0.1) is 0 Å². The first-order valence-electron chi connectivity index (χ1n) is 7.80. The van der Waals surface area contributed by atoms with Crippen molar-refractivity contribution in [3.63, 3.8) is 0 Å². The number of halogens is 1. The third-order valence-electron chi connectivity index (χ3n) is 4.77. The quantitative estimate of drug-likeness (QED) is 0.791. The van der Waals surface area contributed by atoms with Gasteiger partial charge in [0, 0.05) is 19.5 Å². The van der Waals surface area contributed by atoms with Crippen LogP contribution in [-0.2, 0) is 24.6 Å². The van der Waals surface area contributed by atoms with E-state index in [1.807, 2.05) is 6.92 Å². The fraction of sp³-hybridized carbons (Fsp3) is 0.529. The van der Waals surface area contributed by atoms with Crippen molar-refractivity contribution >= 4 is 11.8 Å². The molecule has 24 heavy (non-hydrogen) atoms. The Bertz CT molecular complexity index is 680. The Kier molecular flexibility index (Phi) is 4.31. The van der Waals surface area contributed by atoms with E-state index in [1.54, 1.807) is 25.1 Å². The molecule has 0 bridgehead atoms. The molecule has 1 aromatic carbocycles. The van der Waals surface area contributed by atoms with Gasteiger partial charge >= 0.3 is 0 Å². The Morgan fingerprint density at radius 2 is 2.17 bits per heavy atom. The standard InChI is InChI=1S/C17H21FN2O4/c1-10-19-17(2,11-7-5-6-8-12(11)18)14-13(24-10)9-23-15(14)16(21)20(3)22-4/h5-8,13-15H,9H2,1-4H3/t13-,14-,15-,17-/m1/s1. The third kappa shape index (κ3) is 2.57. The Balaban J connectivity index is 2.07. The minimum atomic E-state index is -0.969. The Morgan fingerprint density at radius 1 is 1.46 bits per heavy atom. The smallest absolute Gasteiger partial charge is 0.275 e. The number of amides is 1. The lowest BCUT2D eigenvalue weighted by Crippen LogP contribution is -2.51. The SMILES string of the molecule is CON(C)C(=O)[C@@H]1OC[C@H]2OC(C)=N[C@](C)(c3ccccc3F)[C@H]21. The van der Waals surface area contributed by atoms with Crippen LogP contribution in [0.4, 0.5) is 4.39 Å². The van der Waals surface area contributed by atoms with Crippen LogP contribution in [0.3, 0.4) is 0 Å². The molecule has 2 aliphatic heterocycles. The predicted molar refractivity (Wildman–Crippen MR) is 84.7 cm³/mol. The van der Waals surface area contributed by atoms with Gasteiger partial charge in [-0.2, -0.15) is 0 Å². The van der Waals surface area contributed by atoms with Crippen molar-refractivity contribution < 1.29 is 23.5 Å². The van der Waals surface area contributed by atoms with E-state index >= 15 is 0 Å². The molecule has 2 aliphatic rings. The maximum absolute atomic E-state index is 14.5. The van der Waals surface area contributed by atoms with Gasteiger partial charge in [-0.3, -0.25) is 9.63 Å². The van der Waals surface area contributed by atoms with E-state index in [0.29, 0.717) is 11.5 Å². The summed E-state index contributed by atoms with van der Waals surface area (Å²) in [6.45, 7) is 3.79. The molecule has 0 spiro atoms. The largest absolute Gasteiger partial charge is 0.475 e. The maximum Gasteiger partial charge on any atom is 0.275 e. The van der Waals surface area contributed by atoms with E-state index < -0.39 is 17.6 Å². The number of likely N-dealkylation sites (N-methyl/N-ethyl adjacent to an activating group) is 1. The molecule has 0 aliphatic carbocycles. The summed E-state index contributed by atoms with van der Waals surface area (Å²) in [4.78, 5) is 22.1. The minimum absolute atomic E-state index is 0.246. The van der Waals surface area contributed by atoms with Crippen molar-refractivity contribution in [3.8, 4) is 0 Å². The summed E-state index contributed by atoms with van der Waals surface area (Å²) in [6.07, 6.45) is -1.19. The second kappa shape index (κ2) is 6.14. The number of carbonyl (C=O) groups excluding carboxylic acids is 1. The van der Waals surface area contributed by atoms with Crippen LogP contribution in [0.2, 0.25) is 0 Å². The summed E-state index contributed by atoms with van der Waals surface area (Å²) in [5.41, 5.74) is -0.546. The first-order chi connectivity index (χ1) is 11.4. The van der Waals surface area contributed by atoms with Crippen LogP contribution in [0.25, 0.3) is 0 Å². The molecule has 1 amide bonds. The molecule has 2 heterocycles. The zero-order valence-electron chi connectivity index (χ0n) is 14.2. The second-order valence-corrected chi connectivity index (χ2v) is 6.21. The number of ether oxygens (including phenoxy) is 2. The lowest BCUT2D eigenvalue weighted by Gasteiger charge is -2.41. The summed E-state index contributed by atoms with van der Waals surface area (Å²) in [5, 5.41) is 1.11. The van der Waals surface area contributed by atoms with Crippen molar-refractivity contribution in [1.82, 2.24) is 5.06 Å². The van der Waals surface area contributed by atoms with Gasteiger partial charge in [-0.1, -0.05) is 18.2 Å². The highest BCUT2D eigenvalue weighted by Gasteiger charge is 2.57. The Morgan fingerprint density at radius 3 is 2.83 bits per heavy atom. The van der Waals surface area contributed by atoms with Crippen LogP contribution in [0.15, 0.2) is 29.3 Å². The molecule has 0 radical (unpaired) electrons. The number of benzene rings is 1. The van der Waals surface area contributed by atoms with Crippen LogP contribution in [0.5, 0.6) is 0 Å². The molecule has 0 aromatic heterocycles. The predicted octanol–water partition coefficient (Wildman–Crippen LogP) is 1.89. The van der Waals surface area contributed by atoms with E-state index in [-0.39, 0.29) is 24.4 Å². The van der Waals surface area contributed by atoms with E-state index in [0.717, 1.165) is 5.06 Å². The molecule has 130 valence electrons. The lowest BCUT2D eigenvalue weighted by atomic mass is 9.74. The first kappa shape index (κ1) is 16.9. The molecule has 3 rings (SSSR count). The molecule has 1 saturated heterocycles. The van der Waals surface area contributed by atoms with Crippen LogP contribution >= 0.6 is 0 Å². The number of hydrogen-bond acceptors (Lipinski definition) is 5. The number of carbonyl (C=O) groups is 1. The van der Waals surface area contributed by atoms with Crippen LogP contribution in [0, 0.1) is 11.7 Å². The lowest BCUT2D eigenvalue weighted by molar-refractivity contribution is -0.181. The first-order valence-corrected chi connectivity index (χ1v) is 7.80. The highest BCUT2D eigenvalue weighted by atomic mass is 19.1. The topological polar surface area (TPSA) is 60.4 Å². The normalized spacial score (nSPS) is 31.9. The van der Waals surface area contributed by atoms with Gasteiger partial charge in [-0.05, 0) is 13.0 Å². The number of fused-ring (bicyclic) bond motifs is 1. The van der Waals surface area contributed by atoms with E-state index in [4.69, 9.17) is 14.3 Å². The molecule has 1 fully saturated rings. The Labute approximate surface area is 140 Å². The van der Waals surface area contributed by atoms with Crippen molar-refractivity contribution in [2.75, 3.05) is 20.8 Å². The number of aliphatic imine (C=N–C) groups is 1. The monoisotopic (exact) mass is 336 g/mol. The van der Waals surface area contributed by atoms with E-state index in [1.165, 1.54) is 20.2 Å². The minimum Gasteiger partial charge on any atom is -0.475 e. The van der Waals surface area contributed by atoms with Gasteiger partial charge in [0.15, 0.2) is 5.90 Å². The highest BCUT2D eigenvalue weighted by Crippen LogP contribution is 2.46. The van der Waals surface area contributed by atoms with Gasteiger partial charge < -0.3 is 9.47 Å². The van der Waals surface area contributed by atoms with Gasteiger partial charge in [0.25, 0.3) is 5.91 Å². The van der Waals surface area contributed by atoms with E-state index in [9.17, 15) is 9.18 Å². The van der Waals surface area contributed by atoms with Gasteiger partial charge in [0.05, 0.1) is 25.2 Å². The summed E-state index contributed by atoms with van der Waals surface area (Å²) in [7, 11) is 2.91. The van der Waals surface area contributed by atoms with Crippen molar-refractivity contribution in [1.29, 1.82) is 0 Å². The number of hydrogen-bond donors (Lipinski definition) is 0. The zero-order valence-corrected chi connectivity index (χ0v) is 14.2. The third-order valence-corrected chi connectivity index (χ3v) is 4.77. The van der Waals surface area contributed by atoms with Gasteiger partial charge in [0.2, 0.25) is 0 Å². The molecule has 0 N–H and O–H groups in total. The Hall–Kier alpha value is -1.99. The summed E-state index contributed by atoms with van der Waals surface area (Å²) in [6, 6.07) is 6.47. The molecular weight excluding hydrogens is 315 g/mol. The van der Waals surface area contributed by atoms with Crippen LogP contribution < -0.4 is 0 Å². The van der Waals surface area contributed by atoms with Crippen LogP contribution in [-0.4, -0.2) is 49.8 Å². The fourth-order valence-corrected chi connectivity index (χ4v) is 3.62. The number of rotatable bonds is 3. The molecular formula is C17H21FN2O4. The van der Waals surface area contributed by atoms with Gasteiger partial charge in [-0.25, -0.2) is 14.4 Å². The molecule has 0 saturated carbocycles. The average molecular weight is 336 g/mol. The number of nitrogens with zero attached hydrogens (tertiary/aromatic N) is 2. The second-order valence-electron chi connectivity index (χ2n) is 6.21. The van der Waals surface area contributed by atoms with Crippen LogP contribution in [0.1, 0.15) is 19.4 Å². The average Bonchev–Trinajstić information content (AvgIpc) is 2.98.